The maximum atomic E-state index is 13.3. The molecule has 0 atom stereocenters. The normalized spacial score (nSPS) is 11.8. The average Bonchev–Trinajstić information content (AvgIpc) is 3.08. The zero-order valence-corrected chi connectivity index (χ0v) is 15.3. The number of aromatic nitrogens is 4. The van der Waals surface area contributed by atoms with E-state index >= 15 is 0 Å². The van der Waals surface area contributed by atoms with Crippen molar-refractivity contribution in [3.63, 3.8) is 0 Å². The standard InChI is InChI=1S/C18H19F3N6O/c1-3-13(4-2)23-14-8-12(18(19,20)21)9-15-24-17(26-27(14)15)25-16(28)11-6-5-7-22-10-11/h5-10,13,23H,3-4H2,1-2H3,(H,25,26,28). The van der Waals surface area contributed by atoms with Crippen molar-refractivity contribution >= 4 is 23.3 Å². The van der Waals surface area contributed by atoms with E-state index in [0.717, 1.165) is 25.0 Å². The summed E-state index contributed by atoms with van der Waals surface area (Å²) in [5, 5.41) is 9.70. The predicted octanol–water partition coefficient (Wildman–Crippen LogP) is 4.00. The number of alkyl halides is 3. The van der Waals surface area contributed by atoms with Crippen LogP contribution in [0.3, 0.4) is 0 Å². The molecule has 3 rings (SSSR count). The van der Waals surface area contributed by atoms with Crippen LogP contribution in [0.1, 0.15) is 42.6 Å². The minimum Gasteiger partial charge on any atom is -0.367 e. The number of amides is 1. The Hall–Kier alpha value is -3.17. The van der Waals surface area contributed by atoms with Crippen molar-refractivity contribution < 1.29 is 18.0 Å². The molecule has 3 aromatic heterocycles. The Kier molecular flexibility index (Phi) is 5.48. The average molecular weight is 392 g/mol. The Balaban J connectivity index is 1.99. The molecule has 0 unspecified atom stereocenters. The van der Waals surface area contributed by atoms with Crippen LogP contribution in [-0.2, 0) is 6.18 Å². The summed E-state index contributed by atoms with van der Waals surface area (Å²) in [7, 11) is 0. The van der Waals surface area contributed by atoms with E-state index < -0.39 is 17.6 Å². The minimum atomic E-state index is -4.53. The lowest BCUT2D eigenvalue weighted by molar-refractivity contribution is -0.137. The van der Waals surface area contributed by atoms with Crippen LogP contribution in [0.5, 0.6) is 0 Å². The van der Waals surface area contributed by atoms with Crippen molar-refractivity contribution in [2.45, 2.75) is 38.9 Å². The number of hydrogen-bond acceptors (Lipinski definition) is 5. The molecular weight excluding hydrogens is 373 g/mol. The van der Waals surface area contributed by atoms with E-state index in [4.69, 9.17) is 0 Å². The first kappa shape index (κ1) is 19.6. The third-order valence-electron chi connectivity index (χ3n) is 4.25. The molecule has 0 aliphatic rings. The molecule has 0 radical (unpaired) electrons. The number of hydrogen-bond donors (Lipinski definition) is 2. The van der Waals surface area contributed by atoms with Gasteiger partial charge in [0.05, 0.1) is 11.1 Å². The first-order chi connectivity index (χ1) is 13.3. The third-order valence-corrected chi connectivity index (χ3v) is 4.25. The molecule has 0 aliphatic heterocycles. The second-order valence-electron chi connectivity index (χ2n) is 6.19. The number of carbonyl (C=O) groups excluding carboxylic acids is 1. The second kappa shape index (κ2) is 7.83. The van der Waals surface area contributed by atoms with E-state index in [1.54, 1.807) is 12.1 Å². The second-order valence-corrected chi connectivity index (χ2v) is 6.19. The van der Waals surface area contributed by atoms with Gasteiger partial charge in [-0.15, -0.1) is 5.10 Å². The Morgan fingerprint density at radius 2 is 2.00 bits per heavy atom. The van der Waals surface area contributed by atoms with Crippen molar-refractivity contribution in [2.75, 3.05) is 10.6 Å². The fourth-order valence-corrected chi connectivity index (χ4v) is 2.68. The van der Waals surface area contributed by atoms with E-state index in [1.807, 2.05) is 13.8 Å². The van der Waals surface area contributed by atoms with Gasteiger partial charge in [0.1, 0.15) is 5.82 Å². The van der Waals surface area contributed by atoms with Crippen molar-refractivity contribution in [2.24, 2.45) is 0 Å². The molecule has 0 aliphatic carbocycles. The Bertz CT molecular complexity index is 967. The molecule has 148 valence electrons. The number of rotatable bonds is 6. The lowest BCUT2D eigenvalue weighted by Gasteiger charge is -2.18. The number of fused-ring (bicyclic) bond motifs is 1. The van der Waals surface area contributed by atoms with Gasteiger partial charge in [-0.05, 0) is 37.1 Å². The molecule has 3 aromatic rings. The van der Waals surface area contributed by atoms with E-state index in [1.165, 1.54) is 16.9 Å². The lowest BCUT2D eigenvalue weighted by Crippen LogP contribution is -2.20. The molecule has 3 heterocycles. The summed E-state index contributed by atoms with van der Waals surface area (Å²) in [6, 6.07) is 5.01. The summed E-state index contributed by atoms with van der Waals surface area (Å²) in [6.07, 6.45) is -0.181. The van der Waals surface area contributed by atoms with Crippen LogP contribution in [-0.4, -0.2) is 31.5 Å². The number of nitrogens with zero attached hydrogens (tertiary/aromatic N) is 4. The summed E-state index contributed by atoms with van der Waals surface area (Å²) in [4.78, 5) is 20.1. The Morgan fingerprint density at radius 3 is 2.61 bits per heavy atom. The summed E-state index contributed by atoms with van der Waals surface area (Å²) >= 11 is 0. The fraction of sp³-hybridized carbons (Fsp3) is 0.333. The van der Waals surface area contributed by atoms with Gasteiger partial charge in [-0.3, -0.25) is 15.1 Å². The van der Waals surface area contributed by atoms with E-state index in [0.29, 0.717) is 0 Å². The highest BCUT2D eigenvalue weighted by atomic mass is 19.4. The Labute approximate surface area is 159 Å². The van der Waals surface area contributed by atoms with E-state index in [-0.39, 0.29) is 29.0 Å². The smallest absolute Gasteiger partial charge is 0.367 e. The molecule has 1 amide bonds. The molecule has 0 aromatic carbocycles. The monoisotopic (exact) mass is 392 g/mol. The van der Waals surface area contributed by atoms with Crippen LogP contribution in [0, 0.1) is 0 Å². The molecular formula is C18H19F3N6O. The van der Waals surface area contributed by atoms with Crippen LogP contribution < -0.4 is 10.6 Å². The van der Waals surface area contributed by atoms with Crippen LogP contribution in [0.4, 0.5) is 24.9 Å². The Morgan fingerprint density at radius 1 is 1.25 bits per heavy atom. The number of nitrogens with one attached hydrogen (secondary N) is 2. The maximum Gasteiger partial charge on any atom is 0.416 e. The quantitative estimate of drug-likeness (QED) is 0.663. The van der Waals surface area contributed by atoms with Gasteiger partial charge in [0.25, 0.3) is 5.91 Å². The zero-order chi connectivity index (χ0) is 20.3. The third kappa shape index (κ3) is 4.21. The van der Waals surface area contributed by atoms with Crippen molar-refractivity contribution in [1.29, 1.82) is 0 Å². The largest absolute Gasteiger partial charge is 0.416 e. The molecule has 0 fully saturated rings. The molecule has 28 heavy (non-hydrogen) atoms. The maximum absolute atomic E-state index is 13.3. The lowest BCUT2D eigenvalue weighted by atomic mass is 10.1. The topological polar surface area (TPSA) is 84.2 Å². The summed E-state index contributed by atoms with van der Waals surface area (Å²) in [5.41, 5.74) is -0.580. The van der Waals surface area contributed by atoms with Crippen molar-refractivity contribution in [1.82, 2.24) is 19.6 Å². The fourth-order valence-electron chi connectivity index (χ4n) is 2.68. The van der Waals surface area contributed by atoms with Crippen LogP contribution in [0.2, 0.25) is 0 Å². The van der Waals surface area contributed by atoms with Crippen molar-refractivity contribution in [3.05, 3.63) is 47.8 Å². The van der Waals surface area contributed by atoms with Gasteiger partial charge in [-0.25, -0.2) is 0 Å². The number of pyridine rings is 2. The highest BCUT2D eigenvalue weighted by Gasteiger charge is 2.32. The van der Waals surface area contributed by atoms with E-state index in [2.05, 4.69) is 25.7 Å². The van der Waals surface area contributed by atoms with Gasteiger partial charge in [-0.2, -0.15) is 22.7 Å². The molecule has 0 spiro atoms. The number of carbonyl (C=O) groups is 1. The summed E-state index contributed by atoms with van der Waals surface area (Å²) in [5.74, 6) is -0.441. The molecule has 7 nitrogen and oxygen atoms in total. The molecule has 2 N–H and O–H groups in total. The number of anilines is 2. The van der Waals surface area contributed by atoms with Gasteiger partial charge in [0.15, 0.2) is 5.65 Å². The van der Waals surface area contributed by atoms with Gasteiger partial charge < -0.3 is 5.32 Å². The SMILES string of the molecule is CCC(CC)Nc1cc(C(F)(F)F)cc2nc(NC(=O)c3cccnc3)nn12. The minimum absolute atomic E-state index is 0.0234. The molecule has 0 bridgehead atoms. The van der Waals surface area contributed by atoms with Crippen LogP contribution in [0.25, 0.3) is 5.65 Å². The number of halogens is 3. The highest BCUT2D eigenvalue weighted by Crippen LogP contribution is 2.32. The molecule has 10 heteroatoms. The van der Waals surface area contributed by atoms with E-state index in [9.17, 15) is 18.0 Å². The van der Waals surface area contributed by atoms with Crippen LogP contribution in [0.15, 0.2) is 36.7 Å². The van der Waals surface area contributed by atoms with Crippen LogP contribution >= 0.6 is 0 Å². The first-order valence-corrected chi connectivity index (χ1v) is 8.77. The zero-order valence-electron chi connectivity index (χ0n) is 15.3. The van der Waals surface area contributed by atoms with Gasteiger partial charge in [-0.1, -0.05) is 13.8 Å². The molecule has 0 saturated carbocycles. The predicted molar refractivity (Wildman–Crippen MR) is 98.2 cm³/mol. The summed E-state index contributed by atoms with van der Waals surface area (Å²) in [6.45, 7) is 3.87. The van der Waals surface area contributed by atoms with Crippen molar-refractivity contribution in [3.8, 4) is 0 Å². The van der Waals surface area contributed by atoms with Gasteiger partial charge >= 0.3 is 6.18 Å². The first-order valence-electron chi connectivity index (χ1n) is 8.77. The van der Waals surface area contributed by atoms with Gasteiger partial charge in [0.2, 0.25) is 5.95 Å². The highest BCUT2D eigenvalue weighted by molar-refractivity contribution is 6.03. The summed E-state index contributed by atoms with van der Waals surface area (Å²) < 4.78 is 41.1. The van der Waals surface area contributed by atoms with Gasteiger partial charge in [0, 0.05) is 18.4 Å². The molecule has 0 saturated heterocycles.